The lowest BCUT2D eigenvalue weighted by Crippen LogP contribution is -2.44. The lowest BCUT2D eigenvalue weighted by molar-refractivity contribution is -0.139. The first kappa shape index (κ1) is 28.1. The SMILES string of the molecule is CCC(NC(=O)c1cc(NC(C)(C)C(=O)Nc2nc3c(C(F)(F)F)cc4[nH]ncc4c3s2)ccc1Cl)C(=O)O. The van der Waals surface area contributed by atoms with E-state index in [-0.39, 0.29) is 37.9 Å². The number of carbonyl (C=O) groups is 3. The monoisotopic (exact) mass is 582 g/mol. The summed E-state index contributed by atoms with van der Waals surface area (Å²) in [7, 11) is 0. The van der Waals surface area contributed by atoms with E-state index in [1.165, 1.54) is 38.2 Å². The van der Waals surface area contributed by atoms with Gasteiger partial charge in [-0.2, -0.15) is 18.3 Å². The van der Waals surface area contributed by atoms with Gasteiger partial charge in [0.15, 0.2) is 5.13 Å². The predicted molar refractivity (Wildman–Crippen MR) is 141 cm³/mol. The van der Waals surface area contributed by atoms with Crippen LogP contribution in [0.2, 0.25) is 5.02 Å². The molecule has 15 heteroatoms. The number of alkyl halides is 3. The summed E-state index contributed by atoms with van der Waals surface area (Å²) in [6.45, 7) is 4.65. The van der Waals surface area contributed by atoms with Crippen molar-refractivity contribution in [3.8, 4) is 0 Å². The molecule has 39 heavy (non-hydrogen) atoms. The van der Waals surface area contributed by atoms with Crippen molar-refractivity contribution >= 4 is 72.7 Å². The number of H-pyrrole nitrogens is 1. The number of halogens is 4. The number of hydrogen-bond donors (Lipinski definition) is 5. The van der Waals surface area contributed by atoms with Gasteiger partial charge in [-0.25, -0.2) is 9.78 Å². The van der Waals surface area contributed by atoms with Gasteiger partial charge in [-0.05, 0) is 44.5 Å². The lowest BCUT2D eigenvalue weighted by atomic mass is 10.0. The lowest BCUT2D eigenvalue weighted by Gasteiger charge is -2.26. The summed E-state index contributed by atoms with van der Waals surface area (Å²) < 4.78 is 41.2. The maximum absolute atomic E-state index is 13.7. The van der Waals surface area contributed by atoms with E-state index in [1.807, 2.05) is 0 Å². The third-order valence-corrected chi connectivity index (χ3v) is 7.19. The topological polar surface area (TPSA) is 149 Å². The number of fused-ring (bicyclic) bond motifs is 3. The standard InChI is InChI=1S/C24H22ClF3N6O4S/c1-4-15(20(36)37)30-19(35)11-7-10(5-6-14(11)25)33-23(2,3)21(38)32-22-31-17-13(24(26,27)28)8-16-12(9-29-34-16)18(17)39-22/h5-9,15,33H,4H2,1-3H3,(H,29,34)(H,30,35)(H,36,37)(H,31,32,38). The van der Waals surface area contributed by atoms with Crippen LogP contribution in [0.5, 0.6) is 0 Å². The number of carbonyl (C=O) groups excluding carboxylic acids is 2. The number of thiazole rings is 1. The molecule has 2 aromatic heterocycles. The predicted octanol–water partition coefficient (Wildman–Crippen LogP) is 5.27. The second-order valence-corrected chi connectivity index (χ2v) is 10.5. The van der Waals surface area contributed by atoms with E-state index in [2.05, 4.69) is 31.1 Å². The highest BCUT2D eigenvalue weighted by molar-refractivity contribution is 7.23. The summed E-state index contributed by atoms with van der Waals surface area (Å²) in [5, 5.41) is 23.9. The van der Waals surface area contributed by atoms with Gasteiger partial charge in [0.2, 0.25) is 0 Å². The highest BCUT2D eigenvalue weighted by atomic mass is 35.5. The average molecular weight is 583 g/mol. The molecular weight excluding hydrogens is 561 g/mol. The van der Waals surface area contributed by atoms with Gasteiger partial charge < -0.3 is 15.7 Å². The molecule has 0 saturated heterocycles. The van der Waals surface area contributed by atoms with Gasteiger partial charge in [0.05, 0.1) is 38.1 Å². The Kier molecular flexibility index (Phi) is 7.45. The third kappa shape index (κ3) is 5.76. The molecule has 0 saturated carbocycles. The highest BCUT2D eigenvalue weighted by Gasteiger charge is 2.36. The fraction of sp³-hybridized carbons (Fsp3) is 0.292. The molecule has 0 spiro atoms. The maximum atomic E-state index is 13.7. The molecule has 1 atom stereocenters. The zero-order valence-corrected chi connectivity index (χ0v) is 22.2. The van der Waals surface area contributed by atoms with Crippen molar-refractivity contribution < 1.29 is 32.7 Å². The minimum Gasteiger partial charge on any atom is -0.480 e. The molecule has 2 aromatic carbocycles. The second-order valence-electron chi connectivity index (χ2n) is 9.12. The van der Waals surface area contributed by atoms with Crippen LogP contribution in [-0.2, 0) is 15.8 Å². The Hall–Kier alpha value is -3.91. The van der Waals surface area contributed by atoms with Gasteiger partial charge >= 0.3 is 12.1 Å². The quantitative estimate of drug-likeness (QED) is 0.190. The molecule has 0 radical (unpaired) electrons. The molecule has 10 nitrogen and oxygen atoms in total. The Labute approximate surface area is 227 Å². The summed E-state index contributed by atoms with van der Waals surface area (Å²) in [6, 6.07) is 4.11. The van der Waals surface area contributed by atoms with Crippen LogP contribution in [0.25, 0.3) is 21.1 Å². The summed E-state index contributed by atoms with van der Waals surface area (Å²) in [6.07, 6.45) is -3.12. The normalized spacial score (nSPS) is 12.9. The van der Waals surface area contributed by atoms with Crippen LogP contribution in [0.15, 0.2) is 30.5 Å². The summed E-state index contributed by atoms with van der Waals surface area (Å²) in [4.78, 5) is 41.1. The van der Waals surface area contributed by atoms with E-state index in [4.69, 9.17) is 11.6 Å². The summed E-state index contributed by atoms with van der Waals surface area (Å²) in [5.74, 6) is -2.52. The first-order chi connectivity index (χ1) is 18.2. The minimum atomic E-state index is -4.67. The Morgan fingerprint density at radius 1 is 1.21 bits per heavy atom. The molecule has 2 amide bonds. The Balaban J connectivity index is 1.57. The van der Waals surface area contributed by atoms with Gasteiger partial charge in [0.25, 0.3) is 11.8 Å². The zero-order chi connectivity index (χ0) is 28.7. The number of carboxylic acid groups (broad SMARTS) is 1. The van der Waals surface area contributed by atoms with Crippen molar-refractivity contribution in [3.63, 3.8) is 0 Å². The number of nitrogens with one attached hydrogen (secondary N) is 4. The first-order valence-electron chi connectivity index (χ1n) is 11.5. The van der Waals surface area contributed by atoms with Crippen molar-refractivity contribution in [1.29, 1.82) is 0 Å². The molecule has 1 unspecified atom stereocenters. The molecule has 0 aliphatic rings. The van der Waals surface area contributed by atoms with E-state index >= 15 is 0 Å². The van der Waals surface area contributed by atoms with E-state index in [1.54, 1.807) is 6.92 Å². The number of rotatable bonds is 8. The summed E-state index contributed by atoms with van der Waals surface area (Å²) in [5.41, 5.74) is -2.09. The average Bonchev–Trinajstić information content (AvgIpc) is 3.48. The van der Waals surface area contributed by atoms with Crippen LogP contribution < -0.4 is 16.0 Å². The van der Waals surface area contributed by atoms with E-state index < -0.39 is 41.1 Å². The number of hydrogen-bond acceptors (Lipinski definition) is 7. The highest BCUT2D eigenvalue weighted by Crippen LogP contribution is 2.41. The van der Waals surface area contributed by atoms with Crippen LogP contribution in [-0.4, -0.2) is 49.7 Å². The number of aliphatic carboxylic acids is 1. The largest absolute Gasteiger partial charge is 0.480 e. The van der Waals surface area contributed by atoms with Crippen LogP contribution >= 0.6 is 22.9 Å². The maximum Gasteiger partial charge on any atom is 0.418 e. The number of nitrogens with zero attached hydrogens (tertiary/aromatic N) is 2. The zero-order valence-electron chi connectivity index (χ0n) is 20.7. The molecule has 4 aromatic rings. The van der Waals surface area contributed by atoms with Gasteiger partial charge in [0, 0.05) is 11.1 Å². The second kappa shape index (κ2) is 10.3. The van der Waals surface area contributed by atoms with E-state index in [9.17, 15) is 32.7 Å². The van der Waals surface area contributed by atoms with Crippen LogP contribution in [0.3, 0.4) is 0 Å². The molecule has 0 bridgehead atoms. The molecule has 0 fully saturated rings. The van der Waals surface area contributed by atoms with Gasteiger partial charge in [-0.15, -0.1) is 0 Å². The van der Waals surface area contributed by atoms with Crippen molar-refractivity contribution in [1.82, 2.24) is 20.5 Å². The van der Waals surface area contributed by atoms with Gasteiger partial charge in [-0.1, -0.05) is 29.9 Å². The fourth-order valence-corrected chi connectivity index (χ4v) is 4.98. The van der Waals surface area contributed by atoms with E-state index in [0.717, 1.165) is 17.4 Å². The molecule has 206 valence electrons. The number of amides is 2. The molecular formula is C24H22ClF3N6O4S. The van der Waals surface area contributed by atoms with Crippen LogP contribution in [0.1, 0.15) is 43.1 Å². The van der Waals surface area contributed by atoms with Crippen molar-refractivity contribution in [2.75, 3.05) is 10.6 Å². The van der Waals surface area contributed by atoms with Crippen molar-refractivity contribution in [2.24, 2.45) is 0 Å². The Morgan fingerprint density at radius 2 is 1.92 bits per heavy atom. The Bertz CT molecular complexity index is 1600. The molecule has 2 heterocycles. The third-order valence-electron chi connectivity index (χ3n) is 5.86. The number of anilines is 2. The smallest absolute Gasteiger partial charge is 0.418 e. The Morgan fingerprint density at radius 3 is 2.56 bits per heavy atom. The van der Waals surface area contributed by atoms with Gasteiger partial charge in [-0.3, -0.25) is 20.0 Å². The van der Waals surface area contributed by atoms with E-state index in [0.29, 0.717) is 11.1 Å². The summed E-state index contributed by atoms with van der Waals surface area (Å²) >= 11 is 7.03. The molecule has 4 rings (SSSR count). The number of carboxylic acids is 1. The van der Waals surface area contributed by atoms with Crippen molar-refractivity contribution in [2.45, 2.75) is 44.9 Å². The van der Waals surface area contributed by atoms with Crippen LogP contribution in [0, 0.1) is 0 Å². The first-order valence-corrected chi connectivity index (χ1v) is 12.7. The molecule has 0 aliphatic heterocycles. The minimum absolute atomic E-state index is 0.00689. The number of benzene rings is 2. The van der Waals surface area contributed by atoms with Crippen molar-refractivity contribution in [3.05, 3.63) is 46.6 Å². The number of aromatic amines is 1. The fourth-order valence-electron chi connectivity index (χ4n) is 3.78. The van der Waals surface area contributed by atoms with Gasteiger partial charge in [0.1, 0.15) is 11.6 Å². The van der Waals surface area contributed by atoms with Crippen LogP contribution in [0.4, 0.5) is 24.0 Å². The number of aromatic nitrogens is 3. The molecule has 0 aliphatic carbocycles. The molecule has 5 N–H and O–H groups in total.